The lowest BCUT2D eigenvalue weighted by Crippen LogP contribution is -2.44. The third-order valence-corrected chi connectivity index (χ3v) is 4.02. The van der Waals surface area contributed by atoms with Crippen LogP contribution in [0.2, 0.25) is 0 Å². The average molecular weight is 325 g/mol. The van der Waals surface area contributed by atoms with E-state index in [0.29, 0.717) is 0 Å². The van der Waals surface area contributed by atoms with Gasteiger partial charge in [-0.3, -0.25) is 5.01 Å². The molecule has 24 heavy (non-hydrogen) atoms. The SMILES string of the molecule is COc1ccccc1N1CCN(/N=C/C(C)=C/c2ccco2)CC1. The molecule has 0 N–H and O–H groups in total. The minimum absolute atomic E-state index is 0.847. The van der Waals surface area contributed by atoms with Crippen molar-refractivity contribution < 1.29 is 9.15 Å². The fourth-order valence-corrected chi connectivity index (χ4v) is 2.75. The normalized spacial score (nSPS) is 16.0. The first-order valence-corrected chi connectivity index (χ1v) is 8.15. The van der Waals surface area contributed by atoms with Gasteiger partial charge in [-0.2, -0.15) is 5.10 Å². The van der Waals surface area contributed by atoms with Gasteiger partial charge >= 0.3 is 0 Å². The number of para-hydroxylation sites is 2. The van der Waals surface area contributed by atoms with Crippen molar-refractivity contribution in [2.45, 2.75) is 6.92 Å². The number of ether oxygens (including phenoxy) is 1. The Bertz CT molecular complexity index is 699. The van der Waals surface area contributed by atoms with Crippen molar-refractivity contribution in [2.24, 2.45) is 5.10 Å². The number of allylic oxidation sites excluding steroid dienone is 1. The van der Waals surface area contributed by atoms with E-state index in [1.165, 1.54) is 0 Å². The molecule has 0 unspecified atom stereocenters. The maximum atomic E-state index is 5.45. The van der Waals surface area contributed by atoms with Crippen molar-refractivity contribution in [3.05, 3.63) is 54.0 Å². The van der Waals surface area contributed by atoms with Crippen LogP contribution in [0.5, 0.6) is 5.75 Å². The Balaban J connectivity index is 1.56. The largest absolute Gasteiger partial charge is 0.495 e. The molecule has 1 aromatic carbocycles. The molecule has 126 valence electrons. The van der Waals surface area contributed by atoms with Gasteiger partial charge in [0.1, 0.15) is 11.5 Å². The molecule has 2 aromatic rings. The van der Waals surface area contributed by atoms with Gasteiger partial charge in [0.25, 0.3) is 0 Å². The summed E-state index contributed by atoms with van der Waals surface area (Å²) < 4.78 is 10.8. The van der Waals surface area contributed by atoms with Gasteiger partial charge in [-0.1, -0.05) is 12.1 Å². The zero-order valence-electron chi connectivity index (χ0n) is 14.2. The molecule has 3 rings (SSSR count). The lowest BCUT2D eigenvalue weighted by atomic mass is 10.2. The highest BCUT2D eigenvalue weighted by Gasteiger charge is 2.18. The van der Waals surface area contributed by atoms with Gasteiger partial charge in [-0.15, -0.1) is 0 Å². The molecule has 1 fully saturated rings. The summed E-state index contributed by atoms with van der Waals surface area (Å²) in [5.74, 6) is 1.77. The standard InChI is InChI=1S/C19H23N3O2/c1-16(14-17-6-5-13-24-17)15-20-22-11-9-21(10-12-22)18-7-3-4-8-19(18)23-2/h3-8,13-15H,9-12H2,1-2H3/b16-14+,20-15+. The van der Waals surface area contributed by atoms with Crippen LogP contribution in [-0.2, 0) is 0 Å². The van der Waals surface area contributed by atoms with Crippen LogP contribution < -0.4 is 9.64 Å². The van der Waals surface area contributed by atoms with E-state index in [0.717, 1.165) is 48.9 Å². The summed E-state index contributed by atoms with van der Waals surface area (Å²) >= 11 is 0. The molecule has 1 aromatic heterocycles. The first-order valence-electron chi connectivity index (χ1n) is 8.15. The molecule has 0 atom stereocenters. The second-order valence-corrected chi connectivity index (χ2v) is 5.76. The van der Waals surface area contributed by atoms with Crippen LogP contribution in [0, 0.1) is 0 Å². The van der Waals surface area contributed by atoms with E-state index in [9.17, 15) is 0 Å². The third-order valence-electron chi connectivity index (χ3n) is 4.02. The summed E-state index contributed by atoms with van der Waals surface area (Å²) in [6.07, 6.45) is 5.54. The highest BCUT2D eigenvalue weighted by Crippen LogP contribution is 2.28. The van der Waals surface area contributed by atoms with Gasteiger partial charge in [0.15, 0.2) is 0 Å². The van der Waals surface area contributed by atoms with Gasteiger partial charge in [0, 0.05) is 13.1 Å². The number of rotatable bonds is 5. The summed E-state index contributed by atoms with van der Waals surface area (Å²) in [5, 5.41) is 6.68. The molecule has 1 saturated heterocycles. The van der Waals surface area contributed by atoms with Gasteiger partial charge in [-0.25, -0.2) is 0 Å². The van der Waals surface area contributed by atoms with Crippen LogP contribution in [0.15, 0.2) is 57.8 Å². The van der Waals surface area contributed by atoms with Gasteiger partial charge in [0.05, 0.1) is 38.4 Å². The van der Waals surface area contributed by atoms with Crippen LogP contribution in [0.3, 0.4) is 0 Å². The van der Waals surface area contributed by atoms with Crippen molar-refractivity contribution in [1.82, 2.24) is 5.01 Å². The topological polar surface area (TPSA) is 41.2 Å². The minimum Gasteiger partial charge on any atom is -0.495 e. The van der Waals surface area contributed by atoms with Gasteiger partial charge < -0.3 is 14.1 Å². The fraction of sp³-hybridized carbons (Fsp3) is 0.316. The maximum absolute atomic E-state index is 5.45. The predicted octanol–water partition coefficient (Wildman–Crippen LogP) is 3.50. The Hall–Kier alpha value is -2.69. The summed E-state index contributed by atoms with van der Waals surface area (Å²) in [6, 6.07) is 12.0. The monoisotopic (exact) mass is 325 g/mol. The van der Waals surface area contributed by atoms with E-state index in [2.05, 4.69) is 21.1 Å². The van der Waals surface area contributed by atoms with Crippen LogP contribution in [-0.4, -0.2) is 44.5 Å². The second kappa shape index (κ2) is 7.73. The summed E-state index contributed by atoms with van der Waals surface area (Å²) in [4.78, 5) is 2.34. The Morgan fingerprint density at radius 2 is 1.92 bits per heavy atom. The van der Waals surface area contributed by atoms with E-state index in [1.807, 2.05) is 49.5 Å². The molecular weight excluding hydrogens is 302 g/mol. The molecule has 1 aliphatic rings. The summed E-state index contributed by atoms with van der Waals surface area (Å²) in [7, 11) is 1.72. The number of benzene rings is 1. The summed E-state index contributed by atoms with van der Waals surface area (Å²) in [6.45, 7) is 5.67. The molecule has 2 heterocycles. The lowest BCUT2D eigenvalue weighted by Gasteiger charge is -2.35. The maximum Gasteiger partial charge on any atom is 0.142 e. The van der Waals surface area contributed by atoms with E-state index in [-0.39, 0.29) is 0 Å². The Kier molecular flexibility index (Phi) is 5.21. The van der Waals surface area contributed by atoms with E-state index in [4.69, 9.17) is 9.15 Å². The minimum atomic E-state index is 0.847. The number of furan rings is 1. The Morgan fingerprint density at radius 1 is 1.12 bits per heavy atom. The fourth-order valence-electron chi connectivity index (χ4n) is 2.75. The van der Waals surface area contributed by atoms with Crippen LogP contribution in [0.1, 0.15) is 12.7 Å². The van der Waals surface area contributed by atoms with Crippen LogP contribution in [0.4, 0.5) is 5.69 Å². The molecule has 0 bridgehead atoms. The van der Waals surface area contributed by atoms with Crippen LogP contribution >= 0.6 is 0 Å². The zero-order chi connectivity index (χ0) is 16.8. The van der Waals surface area contributed by atoms with Crippen LogP contribution in [0.25, 0.3) is 6.08 Å². The number of hydrazone groups is 1. The number of piperazine rings is 1. The number of hydrogen-bond donors (Lipinski definition) is 0. The molecule has 0 radical (unpaired) electrons. The molecular formula is C19H23N3O2. The highest BCUT2D eigenvalue weighted by atomic mass is 16.5. The zero-order valence-corrected chi connectivity index (χ0v) is 14.2. The number of anilines is 1. The molecule has 5 heteroatoms. The van der Waals surface area contributed by atoms with E-state index >= 15 is 0 Å². The Morgan fingerprint density at radius 3 is 2.62 bits per heavy atom. The molecule has 5 nitrogen and oxygen atoms in total. The van der Waals surface area contributed by atoms with Crippen molar-refractivity contribution in [3.8, 4) is 5.75 Å². The molecule has 0 saturated carbocycles. The number of methoxy groups -OCH3 is 1. The quantitative estimate of drug-likeness (QED) is 0.789. The van der Waals surface area contributed by atoms with E-state index in [1.54, 1.807) is 13.4 Å². The van der Waals surface area contributed by atoms with Crippen molar-refractivity contribution in [2.75, 3.05) is 38.2 Å². The molecule has 0 amide bonds. The first-order chi connectivity index (χ1) is 11.8. The molecule has 1 aliphatic heterocycles. The smallest absolute Gasteiger partial charge is 0.142 e. The second-order valence-electron chi connectivity index (χ2n) is 5.76. The molecule has 0 aliphatic carbocycles. The van der Waals surface area contributed by atoms with Crippen molar-refractivity contribution in [3.63, 3.8) is 0 Å². The third kappa shape index (κ3) is 3.98. The predicted molar refractivity (Wildman–Crippen MR) is 97.6 cm³/mol. The summed E-state index contributed by atoms with van der Waals surface area (Å²) in [5.41, 5.74) is 2.22. The average Bonchev–Trinajstić information content (AvgIpc) is 3.13. The van der Waals surface area contributed by atoms with E-state index < -0.39 is 0 Å². The number of hydrogen-bond acceptors (Lipinski definition) is 5. The molecule has 0 spiro atoms. The Labute approximate surface area is 142 Å². The highest BCUT2D eigenvalue weighted by molar-refractivity contribution is 5.83. The first kappa shape index (κ1) is 16.2. The number of nitrogens with zero attached hydrogens (tertiary/aromatic N) is 3. The van der Waals surface area contributed by atoms with Gasteiger partial charge in [-0.05, 0) is 42.8 Å². The lowest BCUT2D eigenvalue weighted by molar-refractivity contribution is 0.271. The van der Waals surface area contributed by atoms with Gasteiger partial charge in [0.2, 0.25) is 0 Å². The van der Waals surface area contributed by atoms with Crippen molar-refractivity contribution >= 4 is 18.0 Å². The van der Waals surface area contributed by atoms with Crippen molar-refractivity contribution in [1.29, 1.82) is 0 Å².